The smallest absolute Gasteiger partial charge is 0.283 e. The second-order valence-electron chi connectivity index (χ2n) is 9.60. The predicted octanol–water partition coefficient (Wildman–Crippen LogP) is 4.88. The Morgan fingerprint density at radius 1 is 1.03 bits per heavy atom. The number of alkyl halides is 2. The van der Waals surface area contributed by atoms with Gasteiger partial charge in [0.15, 0.2) is 11.6 Å². The van der Waals surface area contributed by atoms with E-state index in [1.807, 2.05) is 23.1 Å². The summed E-state index contributed by atoms with van der Waals surface area (Å²) in [5.74, 6) is 1.33. The minimum atomic E-state index is -2.95. The molecule has 0 aliphatic carbocycles. The topological polar surface area (TPSA) is 59.3 Å². The highest BCUT2D eigenvalue weighted by atomic mass is 35.5. The molecule has 5 heterocycles. The van der Waals surface area contributed by atoms with Crippen molar-refractivity contribution in [2.24, 2.45) is 0 Å². The molecule has 0 unspecified atom stereocenters. The lowest BCUT2D eigenvalue weighted by atomic mass is 9.95. The van der Waals surface area contributed by atoms with Crippen LogP contribution in [0.4, 0.5) is 19.0 Å². The number of pyridine rings is 1. The molecule has 1 aromatic carbocycles. The summed E-state index contributed by atoms with van der Waals surface area (Å²) in [6, 6.07) is 8.80. The van der Waals surface area contributed by atoms with E-state index in [0.29, 0.717) is 43.1 Å². The van der Waals surface area contributed by atoms with Gasteiger partial charge in [-0.2, -0.15) is 0 Å². The summed E-state index contributed by atoms with van der Waals surface area (Å²) in [6.07, 6.45) is -0.452. The number of fused-ring (bicyclic) bond motifs is 3. The monoisotopic (exact) mass is 518 g/mol. The van der Waals surface area contributed by atoms with Crippen LogP contribution in [0.3, 0.4) is 0 Å². The summed E-state index contributed by atoms with van der Waals surface area (Å²) in [6.45, 7) is 4.11. The van der Waals surface area contributed by atoms with Gasteiger partial charge < -0.3 is 9.64 Å². The molecule has 0 radical (unpaired) electrons. The van der Waals surface area contributed by atoms with Gasteiger partial charge in [0.05, 0.1) is 18.8 Å². The Balaban J connectivity index is 1.27. The number of nitrogens with zero attached hydrogens (tertiary/aromatic N) is 6. The zero-order valence-corrected chi connectivity index (χ0v) is 20.3. The Labute approximate surface area is 211 Å². The number of halogens is 4. The Morgan fingerprint density at radius 3 is 2.61 bits per heavy atom. The normalized spacial score (nSPS) is 21.0. The molecule has 3 aliphatic heterocycles. The number of ether oxygens (including phenoxy) is 1. The van der Waals surface area contributed by atoms with Gasteiger partial charge in [-0.1, -0.05) is 11.6 Å². The van der Waals surface area contributed by atoms with Crippen molar-refractivity contribution in [2.75, 3.05) is 31.2 Å². The van der Waals surface area contributed by atoms with E-state index in [1.165, 1.54) is 6.07 Å². The van der Waals surface area contributed by atoms with E-state index in [4.69, 9.17) is 16.3 Å². The van der Waals surface area contributed by atoms with Crippen LogP contribution in [-0.2, 0) is 17.8 Å². The lowest BCUT2D eigenvalue weighted by Crippen LogP contribution is -2.34. The SMILES string of the molecule is Fc1ccc(N2CCC(c3nnc4n3-c3ccc(Cl)cc3CN([C@H]3CCOC3)C4)CC2)nc1C(F)F. The summed E-state index contributed by atoms with van der Waals surface area (Å²) < 4.78 is 47.8. The first-order chi connectivity index (χ1) is 17.5. The predicted molar refractivity (Wildman–Crippen MR) is 128 cm³/mol. The van der Waals surface area contributed by atoms with Gasteiger partial charge in [0.1, 0.15) is 17.3 Å². The molecular formula is C25H26ClF3N6O. The van der Waals surface area contributed by atoms with Crippen LogP contribution in [0.25, 0.3) is 5.69 Å². The lowest BCUT2D eigenvalue weighted by Gasteiger charge is -2.32. The van der Waals surface area contributed by atoms with E-state index in [9.17, 15) is 13.2 Å². The molecule has 1 atom stereocenters. The molecule has 190 valence electrons. The number of rotatable bonds is 4. The van der Waals surface area contributed by atoms with Crippen molar-refractivity contribution in [1.82, 2.24) is 24.6 Å². The van der Waals surface area contributed by atoms with Gasteiger partial charge >= 0.3 is 0 Å². The maximum atomic E-state index is 13.7. The molecule has 11 heteroatoms. The van der Waals surface area contributed by atoms with Gasteiger partial charge in [0.2, 0.25) is 0 Å². The van der Waals surface area contributed by atoms with Crippen LogP contribution in [0.5, 0.6) is 0 Å². The molecule has 2 saturated heterocycles. The lowest BCUT2D eigenvalue weighted by molar-refractivity contribution is 0.133. The van der Waals surface area contributed by atoms with Gasteiger partial charge in [-0.15, -0.1) is 10.2 Å². The van der Waals surface area contributed by atoms with Crippen LogP contribution in [0, 0.1) is 5.82 Å². The molecule has 3 aromatic rings. The molecule has 0 N–H and O–H groups in total. The zero-order valence-electron chi connectivity index (χ0n) is 19.6. The Morgan fingerprint density at radius 2 is 1.86 bits per heavy atom. The molecule has 0 saturated carbocycles. The highest BCUT2D eigenvalue weighted by molar-refractivity contribution is 6.30. The van der Waals surface area contributed by atoms with E-state index < -0.39 is 17.9 Å². The Hall–Kier alpha value is -2.69. The molecule has 0 bridgehead atoms. The maximum Gasteiger partial charge on any atom is 0.283 e. The second-order valence-corrected chi connectivity index (χ2v) is 10.0. The molecule has 0 spiro atoms. The molecule has 2 aromatic heterocycles. The maximum absolute atomic E-state index is 13.7. The van der Waals surface area contributed by atoms with Gasteiger partial charge in [0.25, 0.3) is 6.43 Å². The quantitative estimate of drug-likeness (QED) is 0.490. The van der Waals surface area contributed by atoms with Crippen LogP contribution in [0.1, 0.15) is 54.5 Å². The summed E-state index contributed by atoms with van der Waals surface area (Å²) in [5, 5.41) is 9.92. The fraction of sp³-hybridized carbons (Fsp3) is 0.480. The van der Waals surface area contributed by atoms with Crippen molar-refractivity contribution in [3.05, 3.63) is 64.1 Å². The molecule has 6 rings (SSSR count). The number of anilines is 1. The van der Waals surface area contributed by atoms with Crippen LogP contribution < -0.4 is 4.90 Å². The van der Waals surface area contributed by atoms with E-state index in [2.05, 4.69) is 24.6 Å². The van der Waals surface area contributed by atoms with Crippen molar-refractivity contribution in [3.63, 3.8) is 0 Å². The van der Waals surface area contributed by atoms with Crippen LogP contribution in [0.15, 0.2) is 30.3 Å². The third-order valence-electron chi connectivity index (χ3n) is 7.43. The molecular weight excluding hydrogens is 493 g/mol. The number of hydrogen-bond donors (Lipinski definition) is 0. The summed E-state index contributed by atoms with van der Waals surface area (Å²) >= 11 is 6.38. The second kappa shape index (κ2) is 9.64. The van der Waals surface area contributed by atoms with E-state index in [-0.39, 0.29) is 5.92 Å². The van der Waals surface area contributed by atoms with Crippen molar-refractivity contribution in [2.45, 2.75) is 50.7 Å². The first-order valence-corrected chi connectivity index (χ1v) is 12.6. The number of hydrogen-bond acceptors (Lipinski definition) is 6. The van der Waals surface area contributed by atoms with E-state index >= 15 is 0 Å². The van der Waals surface area contributed by atoms with Crippen LogP contribution in [-0.4, -0.2) is 57.0 Å². The van der Waals surface area contributed by atoms with Crippen molar-refractivity contribution in [3.8, 4) is 5.69 Å². The first kappa shape index (κ1) is 23.7. The van der Waals surface area contributed by atoms with Crippen LogP contribution >= 0.6 is 11.6 Å². The summed E-state index contributed by atoms with van der Waals surface area (Å²) in [4.78, 5) is 8.21. The number of aromatic nitrogens is 4. The minimum Gasteiger partial charge on any atom is -0.380 e. The van der Waals surface area contributed by atoms with Gasteiger partial charge in [-0.05, 0) is 55.2 Å². The Kier molecular flexibility index (Phi) is 6.35. The molecule has 3 aliphatic rings. The molecule has 2 fully saturated rings. The van der Waals surface area contributed by atoms with Gasteiger partial charge in [-0.25, -0.2) is 18.2 Å². The first-order valence-electron chi connectivity index (χ1n) is 12.2. The largest absolute Gasteiger partial charge is 0.380 e. The number of benzene rings is 1. The molecule has 36 heavy (non-hydrogen) atoms. The third-order valence-corrected chi connectivity index (χ3v) is 7.66. The van der Waals surface area contributed by atoms with Crippen LogP contribution in [0.2, 0.25) is 5.02 Å². The van der Waals surface area contributed by atoms with Gasteiger partial charge in [0, 0.05) is 43.2 Å². The highest BCUT2D eigenvalue weighted by Crippen LogP contribution is 2.35. The number of piperidine rings is 1. The highest BCUT2D eigenvalue weighted by Gasteiger charge is 2.33. The summed E-state index contributed by atoms with van der Waals surface area (Å²) in [7, 11) is 0. The summed E-state index contributed by atoms with van der Waals surface area (Å²) in [5.41, 5.74) is 1.37. The zero-order chi connectivity index (χ0) is 24.8. The standard InChI is InChI=1S/C25H26ClF3N6O/c26-17-1-3-20-16(11-17)12-34(18-7-10-36-14-18)13-22-31-32-25(35(20)22)15-5-8-33(9-6-15)21-4-2-19(27)23(30-21)24(28)29/h1-4,11,15,18,24H,5-10,12-14H2/t18-/m0/s1. The Bertz CT molecular complexity index is 1260. The van der Waals surface area contributed by atoms with E-state index in [1.54, 1.807) is 0 Å². The fourth-order valence-corrected chi connectivity index (χ4v) is 5.72. The average molecular weight is 519 g/mol. The fourth-order valence-electron chi connectivity index (χ4n) is 5.53. The van der Waals surface area contributed by atoms with Crippen molar-refractivity contribution in [1.29, 1.82) is 0 Å². The third kappa shape index (κ3) is 4.35. The van der Waals surface area contributed by atoms with Gasteiger partial charge in [-0.3, -0.25) is 9.47 Å². The van der Waals surface area contributed by atoms with Crippen molar-refractivity contribution < 1.29 is 17.9 Å². The minimum absolute atomic E-state index is 0.141. The average Bonchev–Trinajstić information content (AvgIpc) is 3.52. The van der Waals surface area contributed by atoms with E-state index in [0.717, 1.165) is 61.4 Å². The van der Waals surface area contributed by atoms with Crippen molar-refractivity contribution >= 4 is 17.4 Å². The molecule has 0 amide bonds. The molecule has 7 nitrogen and oxygen atoms in total.